The van der Waals surface area contributed by atoms with E-state index in [0.717, 1.165) is 22.9 Å². The minimum atomic E-state index is -1.10. The number of hydrogen-bond acceptors (Lipinski definition) is 5. The average Bonchev–Trinajstić information content (AvgIpc) is 2.89. The number of phenolic OH excluding ortho intramolecular Hbond substituents is 1. The van der Waals surface area contributed by atoms with E-state index >= 15 is 0 Å². The molecule has 3 rings (SSSR count). The number of carboxylic acid groups (broad SMARTS) is 1. The van der Waals surface area contributed by atoms with Crippen LogP contribution in [0.25, 0.3) is 6.08 Å². The lowest BCUT2D eigenvalue weighted by molar-refractivity contribution is -0.145. The van der Waals surface area contributed by atoms with Gasteiger partial charge in [-0.05, 0) is 29.3 Å². The van der Waals surface area contributed by atoms with Gasteiger partial charge in [-0.2, -0.15) is 0 Å². The summed E-state index contributed by atoms with van der Waals surface area (Å²) >= 11 is 6.35. The number of aromatic hydroxyl groups is 1. The van der Waals surface area contributed by atoms with Crippen molar-refractivity contribution < 1.29 is 19.8 Å². The Kier molecular flexibility index (Phi) is 5.39. The van der Waals surface area contributed by atoms with Crippen molar-refractivity contribution in [2.45, 2.75) is 12.5 Å². The van der Waals surface area contributed by atoms with Crippen molar-refractivity contribution in [3.63, 3.8) is 0 Å². The van der Waals surface area contributed by atoms with Crippen molar-refractivity contribution in [3.05, 3.63) is 70.6 Å². The Labute approximate surface area is 160 Å². The van der Waals surface area contributed by atoms with Crippen molar-refractivity contribution >= 4 is 46.3 Å². The molecule has 1 amide bonds. The molecule has 5 nitrogen and oxygen atoms in total. The molecular formula is C19H15NO4S2. The van der Waals surface area contributed by atoms with Gasteiger partial charge in [0.25, 0.3) is 5.91 Å². The highest BCUT2D eigenvalue weighted by atomic mass is 32.2. The molecule has 26 heavy (non-hydrogen) atoms. The highest BCUT2D eigenvalue weighted by molar-refractivity contribution is 8.26. The highest BCUT2D eigenvalue weighted by Crippen LogP contribution is 2.34. The topological polar surface area (TPSA) is 77.8 Å². The van der Waals surface area contributed by atoms with Crippen molar-refractivity contribution in [1.29, 1.82) is 0 Å². The zero-order valence-electron chi connectivity index (χ0n) is 13.5. The summed E-state index contributed by atoms with van der Waals surface area (Å²) in [6, 6.07) is 14.4. The lowest BCUT2D eigenvalue weighted by atomic mass is 10.0. The summed E-state index contributed by atoms with van der Waals surface area (Å²) < 4.78 is 0.225. The van der Waals surface area contributed by atoms with Crippen molar-refractivity contribution in [3.8, 4) is 5.75 Å². The molecule has 2 aromatic rings. The number of benzene rings is 2. The predicted octanol–water partition coefficient (Wildman–Crippen LogP) is 3.29. The monoisotopic (exact) mass is 385 g/mol. The predicted molar refractivity (Wildman–Crippen MR) is 105 cm³/mol. The zero-order valence-corrected chi connectivity index (χ0v) is 15.2. The molecule has 1 atom stereocenters. The van der Waals surface area contributed by atoms with Gasteiger partial charge >= 0.3 is 5.97 Å². The van der Waals surface area contributed by atoms with Gasteiger partial charge in [-0.25, -0.2) is 4.79 Å². The first-order valence-electron chi connectivity index (χ1n) is 7.78. The van der Waals surface area contributed by atoms with E-state index in [0.29, 0.717) is 4.91 Å². The minimum Gasteiger partial charge on any atom is -0.508 e. The SMILES string of the molecule is O=C(O)C(Cc1ccccc1)N1C(=O)/C(=C/c2ccc(O)cc2)SC1=S. The Morgan fingerprint density at radius 1 is 1.15 bits per heavy atom. The van der Waals surface area contributed by atoms with Gasteiger partial charge in [0, 0.05) is 6.42 Å². The van der Waals surface area contributed by atoms with Crippen LogP contribution in [0.3, 0.4) is 0 Å². The molecule has 2 aromatic carbocycles. The van der Waals surface area contributed by atoms with Gasteiger partial charge in [-0.1, -0.05) is 66.4 Å². The maximum absolute atomic E-state index is 12.8. The first kappa shape index (κ1) is 18.2. The molecule has 0 spiro atoms. The van der Waals surface area contributed by atoms with Gasteiger partial charge in [0.05, 0.1) is 4.91 Å². The smallest absolute Gasteiger partial charge is 0.327 e. The number of carbonyl (C=O) groups excluding carboxylic acids is 1. The number of carboxylic acids is 1. The maximum atomic E-state index is 12.8. The first-order valence-corrected chi connectivity index (χ1v) is 9.01. The van der Waals surface area contributed by atoms with Gasteiger partial charge in [0.15, 0.2) is 0 Å². The minimum absolute atomic E-state index is 0.128. The van der Waals surface area contributed by atoms with Crippen molar-refractivity contribution in [1.82, 2.24) is 4.90 Å². The van der Waals surface area contributed by atoms with Crippen LogP contribution in [0.1, 0.15) is 11.1 Å². The number of thiocarbonyl (C=S) groups is 1. The molecule has 0 saturated carbocycles. The molecule has 1 aliphatic heterocycles. The summed E-state index contributed by atoms with van der Waals surface area (Å²) in [5.74, 6) is -1.39. The molecule has 1 unspecified atom stereocenters. The molecule has 1 aliphatic rings. The summed E-state index contributed by atoms with van der Waals surface area (Å²) in [5.41, 5.74) is 1.54. The van der Waals surface area contributed by atoms with Crippen LogP contribution in [0.15, 0.2) is 59.5 Å². The fraction of sp³-hybridized carbons (Fsp3) is 0.105. The number of aliphatic carboxylic acids is 1. The quantitative estimate of drug-likeness (QED) is 0.607. The molecule has 1 fully saturated rings. The number of rotatable bonds is 5. The molecular weight excluding hydrogens is 370 g/mol. The summed E-state index contributed by atoms with van der Waals surface area (Å²) in [4.78, 5) is 26.1. The number of hydrogen-bond donors (Lipinski definition) is 2. The molecule has 0 aromatic heterocycles. The maximum Gasteiger partial charge on any atom is 0.327 e. The third kappa shape index (κ3) is 3.95. The molecule has 7 heteroatoms. The van der Waals surface area contributed by atoms with Crippen LogP contribution in [-0.4, -0.2) is 37.4 Å². The van der Waals surface area contributed by atoms with Crippen LogP contribution in [0.4, 0.5) is 0 Å². The molecule has 2 N–H and O–H groups in total. The lowest BCUT2D eigenvalue weighted by Gasteiger charge is -2.23. The van der Waals surface area contributed by atoms with Gasteiger partial charge in [0.2, 0.25) is 0 Å². The van der Waals surface area contributed by atoms with Gasteiger partial charge in [0.1, 0.15) is 16.1 Å². The largest absolute Gasteiger partial charge is 0.508 e. The van der Waals surface area contributed by atoms with Crippen molar-refractivity contribution in [2.24, 2.45) is 0 Å². The van der Waals surface area contributed by atoms with E-state index in [-0.39, 0.29) is 16.5 Å². The van der Waals surface area contributed by atoms with E-state index in [1.54, 1.807) is 18.2 Å². The molecule has 1 saturated heterocycles. The number of amides is 1. The standard InChI is InChI=1S/C19H15NO4S2/c21-14-8-6-13(7-9-14)11-16-17(22)20(19(25)26-16)15(18(23)24)10-12-4-2-1-3-5-12/h1-9,11,15,21H,10H2,(H,23,24)/b16-11-. The third-order valence-electron chi connectivity index (χ3n) is 3.88. The first-order chi connectivity index (χ1) is 12.5. The molecule has 0 aliphatic carbocycles. The number of phenols is 1. The van der Waals surface area contributed by atoms with Crippen molar-refractivity contribution in [2.75, 3.05) is 0 Å². The van der Waals surface area contributed by atoms with E-state index in [2.05, 4.69) is 0 Å². The fourth-order valence-corrected chi connectivity index (χ4v) is 3.95. The van der Waals surface area contributed by atoms with E-state index in [1.807, 2.05) is 30.3 Å². The van der Waals surface area contributed by atoms with Crippen LogP contribution in [-0.2, 0) is 16.0 Å². The summed E-state index contributed by atoms with van der Waals surface area (Å²) in [5, 5.41) is 19.0. The van der Waals surface area contributed by atoms with Gasteiger partial charge in [-0.3, -0.25) is 9.69 Å². The van der Waals surface area contributed by atoms with Crippen LogP contribution in [0.5, 0.6) is 5.75 Å². The van der Waals surface area contributed by atoms with Crippen LogP contribution in [0.2, 0.25) is 0 Å². The van der Waals surface area contributed by atoms with Gasteiger partial charge in [-0.15, -0.1) is 0 Å². The Bertz CT molecular complexity index is 878. The summed E-state index contributed by atoms with van der Waals surface area (Å²) in [6.07, 6.45) is 1.81. The Hall–Kier alpha value is -2.64. The molecule has 132 valence electrons. The normalized spacial score (nSPS) is 16.9. The molecule has 0 bridgehead atoms. The Morgan fingerprint density at radius 2 is 1.81 bits per heavy atom. The third-order valence-corrected chi connectivity index (χ3v) is 5.21. The number of thioether (sulfide) groups is 1. The summed E-state index contributed by atoms with van der Waals surface area (Å²) in [6.45, 7) is 0. The Morgan fingerprint density at radius 3 is 2.42 bits per heavy atom. The van der Waals surface area contributed by atoms with Crippen LogP contribution < -0.4 is 0 Å². The number of carbonyl (C=O) groups is 2. The number of nitrogens with zero attached hydrogens (tertiary/aromatic N) is 1. The second kappa shape index (κ2) is 7.72. The second-order valence-electron chi connectivity index (χ2n) is 5.69. The lowest BCUT2D eigenvalue weighted by Crippen LogP contribution is -2.45. The fourth-order valence-electron chi connectivity index (χ4n) is 2.60. The summed E-state index contributed by atoms with van der Waals surface area (Å²) in [7, 11) is 0. The van der Waals surface area contributed by atoms with E-state index < -0.39 is 17.9 Å². The molecule has 0 radical (unpaired) electrons. The van der Waals surface area contributed by atoms with E-state index in [4.69, 9.17) is 12.2 Å². The van der Waals surface area contributed by atoms with E-state index in [1.165, 1.54) is 17.0 Å². The second-order valence-corrected chi connectivity index (χ2v) is 7.36. The molecule has 1 heterocycles. The average molecular weight is 385 g/mol. The highest BCUT2D eigenvalue weighted by Gasteiger charge is 2.40. The zero-order chi connectivity index (χ0) is 18.7. The van der Waals surface area contributed by atoms with Crippen LogP contribution in [0, 0.1) is 0 Å². The van der Waals surface area contributed by atoms with Gasteiger partial charge < -0.3 is 10.2 Å². The van der Waals surface area contributed by atoms with Crippen LogP contribution >= 0.6 is 24.0 Å². The van der Waals surface area contributed by atoms with E-state index in [9.17, 15) is 19.8 Å². The Balaban J connectivity index is 1.86.